The minimum absolute atomic E-state index is 0.00765. The van der Waals surface area contributed by atoms with E-state index in [1.54, 1.807) is 23.1 Å². The first-order valence-corrected chi connectivity index (χ1v) is 9.91. The van der Waals surface area contributed by atoms with Gasteiger partial charge in [0.25, 0.3) is 0 Å². The SMILES string of the molecule is CCc1ccc(Oc2ccc(NC(=O)CCC(=O)N3CCOCC3)cc2F)c(O)c1. The van der Waals surface area contributed by atoms with Gasteiger partial charge in [0.1, 0.15) is 0 Å². The Morgan fingerprint density at radius 2 is 1.87 bits per heavy atom. The van der Waals surface area contributed by atoms with Crippen LogP contribution in [0.1, 0.15) is 25.3 Å². The number of aryl methyl sites for hydroxylation is 1. The van der Waals surface area contributed by atoms with Crippen LogP contribution < -0.4 is 10.1 Å². The van der Waals surface area contributed by atoms with E-state index in [1.165, 1.54) is 12.1 Å². The third-order valence-electron chi connectivity index (χ3n) is 4.80. The minimum atomic E-state index is -0.684. The van der Waals surface area contributed by atoms with E-state index in [1.807, 2.05) is 6.92 Å². The molecule has 2 amide bonds. The molecule has 30 heavy (non-hydrogen) atoms. The van der Waals surface area contributed by atoms with Crippen LogP contribution in [-0.4, -0.2) is 48.1 Å². The van der Waals surface area contributed by atoms with Gasteiger partial charge in [-0.3, -0.25) is 9.59 Å². The number of nitrogens with one attached hydrogen (secondary N) is 1. The number of carbonyl (C=O) groups is 2. The summed E-state index contributed by atoms with van der Waals surface area (Å²) in [6.45, 7) is 4.03. The Morgan fingerprint density at radius 3 is 2.53 bits per heavy atom. The summed E-state index contributed by atoms with van der Waals surface area (Å²) in [5, 5.41) is 12.6. The van der Waals surface area contributed by atoms with E-state index in [4.69, 9.17) is 9.47 Å². The molecule has 1 fully saturated rings. The molecule has 0 unspecified atom stereocenters. The van der Waals surface area contributed by atoms with Gasteiger partial charge in [0.2, 0.25) is 11.8 Å². The molecular weight excluding hydrogens is 391 g/mol. The molecule has 0 saturated carbocycles. The molecule has 1 saturated heterocycles. The second kappa shape index (κ2) is 10.1. The van der Waals surface area contributed by atoms with Gasteiger partial charge >= 0.3 is 0 Å². The van der Waals surface area contributed by atoms with E-state index in [-0.39, 0.29) is 47.6 Å². The summed E-state index contributed by atoms with van der Waals surface area (Å²) in [6, 6.07) is 8.94. The molecular formula is C22H25FN2O5. The lowest BCUT2D eigenvalue weighted by molar-refractivity contribution is -0.136. The number of morpholine rings is 1. The van der Waals surface area contributed by atoms with Crippen LogP contribution in [-0.2, 0) is 20.7 Å². The lowest BCUT2D eigenvalue weighted by Gasteiger charge is -2.26. The van der Waals surface area contributed by atoms with Crippen molar-refractivity contribution < 1.29 is 28.6 Å². The summed E-state index contributed by atoms with van der Waals surface area (Å²) in [4.78, 5) is 25.9. The number of aromatic hydroxyl groups is 1. The molecule has 7 nitrogen and oxygen atoms in total. The number of hydrogen-bond acceptors (Lipinski definition) is 5. The van der Waals surface area contributed by atoms with Gasteiger partial charge in [0.05, 0.1) is 13.2 Å². The molecule has 3 rings (SSSR count). The summed E-state index contributed by atoms with van der Waals surface area (Å²) < 4.78 is 25.0. The minimum Gasteiger partial charge on any atom is -0.504 e. The Morgan fingerprint density at radius 1 is 1.13 bits per heavy atom. The van der Waals surface area contributed by atoms with Gasteiger partial charge < -0.3 is 24.8 Å². The van der Waals surface area contributed by atoms with Crippen molar-refractivity contribution in [3.63, 3.8) is 0 Å². The van der Waals surface area contributed by atoms with Gasteiger partial charge in [-0.1, -0.05) is 13.0 Å². The number of anilines is 1. The molecule has 0 aliphatic carbocycles. The molecule has 1 aliphatic rings. The number of phenolic OH excluding ortho intramolecular Hbond substituents is 1. The smallest absolute Gasteiger partial charge is 0.224 e. The quantitative estimate of drug-likeness (QED) is 0.722. The van der Waals surface area contributed by atoms with Crippen LogP contribution in [0, 0.1) is 5.82 Å². The van der Waals surface area contributed by atoms with Crippen LogP contribution in [0.4, 0.5) is 10.1 Å². The first-order valence-electron chi connectivity index (χ1n) is 9.91. The van der Waals surface area contributed by atoms with Crippen molar-refractivity contribution in [2.24, 2.45) is 0 Å². The van der Waals surface area contributed by atoms with E-state index in [0.717, 1.165) is 18.1 Å². The number of hydrogen-bond donors (Lipinski definition) is 2. The molecule has 8 heteroatoms. The van der Waals surface area contributed by atoms with Crippen molar-refractivity contribution in [3.05, 3.63) is 47.8 Å². The van der Waals surface area contributed by atoms with Crippen molar-refractivity contribution in [2.75, 3.05) is 31.6 Å². The maximum Gasteiger partial charge on any atom is 0.224 e. The summed E-state index contributed by atoms with van der Waals surface area (Å²) in [5.41, 5.74) is 1.19. The predicted molar refractivity (Wildman–Crippen MR) is 109 cm³/mol. The van der Waals surface area contributed by atoms with Crippen molar-refractivity contribution in [3.8, 4) is 17.2 Å². The van der Waals surface area contributed by atoms with Gasteiger partial charge in [-0.25, -0.2) is 4.39 Å². The topological polar surface area (TPSA) is 88.1 Å². The van der Waals surface area contributed by atoms with Crippen molar-refractivity contribution in [2.45, 2.75) is 26.2 Å². The largest absolute Gasteiger partial charge is 0.504 e. The number of amides is 2. The van der Waals surface area contributed by atoms with E-state index in [9.17, 15) is 19.1 Å². The molecule has 0 spiro atoms. The van der Waals surface area contributed by atoms with Crippen molar-refractivity contribution in [1.82, 2.24) is 4.90 Å². The Labute approximate surface area is 174 Å². The maximum atomic E-state index is 14.4. The fraction of sp³-hybridized carbons (Fsp3) is 0.364. The Balaban J connectivity index is 1.54. The molecule has 1 heterocycles. The average Bonchev–Trinajstić information content (AvgIpc) is 2.75. The molecule has 2 aromatic carbocycles. The van der Waals surface area contributed by atoms with Crippen LogP contribution >= 0.6 is 0 Å². The molecule has 0 atom stereocenters. The number of phenols is 1. The van der Waals surface area contributed by atoms with E-state index >= 15 is 0 Å². The van der Waals surface area contributed by atoms with Gasteiger partial charge in [-0.15, -0.1) is 0 Å². The average molecular weight is 416 g/mol. The number of nitrogens with zero attached hydrogens (tertiary/aromatic N) is 1. The first kappa shape index (κ1) is 21.6. The fourth-order valence-corrected chi connectivity index (χ4v) is 3.06. The van der Waals surface area contributed by atoms with E-state index in [0.29, 0.717) is 26.3 Å². The highest BCUT2D eigenvalue weighted by molar-refractivity contribution is 5.93. The van der Waals surface area contributed by atoms with Crippen LogP contribution in [0.5, 0.6) is 17.2 Å². The Kier molecular flexibility index (Phi) is 7.24. The van der Waals surface area contributed by atoms with Crippen molar-refractivity contribution in [1.29, 1.82) is 0 Å². The van der Waals surface area contributed by atoms with E-state index < -0.39 is 5.82 Å². The Hall–Kier alpha value is -3.13. The maximum absolute atomic E-state index is 14.4. The Bertz CT molecular complexity index is 912. The highest BCUT2D eigenvalue weighted by atomic mass is 19.1. The second-order valence-electron chi connectivity index (χ2n) is 6.94. The third-order valence-corrected chi connectivity index (χ3v) is 4.80. The fourth-order valence-electron chi connectivity index (χ4n) is 3.06. The lowest BCUT2D eigenvalue weighted by Crippen LogP contribution is -2.40. The van der Waals surface area contributed by atoms with Crippen LogP contribution in [0.15, 0.2) is 36.4 Å². The number of rotatable bonds is 7. The highest BCUT2D eigenvalue weighted by Crippen LogP contribution is 2.33. The number of benzene rings is 2. The highest BCUT2D eigenvalue weighted by Gasteiger charge is 2.18. The monoisotopic (exact) mass is 416 g/mol. The number of ether oxygens (including phenoxy) is 2. The summed E-state index contributed by atoms with van der Waals surface area (Å²) >= 11 is 0. The molecule has 0 radical (unpaired) electrons. The summed E-state index contributed by atoms with van der Waals surface area (Å²) in [7, 11) is 0. The van der Waals surface area contributed by atoms with Crippen LogP contribution in [0.2, 0.25) is 0 Å². The first-order chi connectivity index (χ1) is 14.5. The molecule has 2 N–H and O–H groups in total. The molecule has 160 valence electrons. The van der Waals surface area contributed by atoms with Gasteiger partial charge in [0, 0.05) is 37.7 Å². The van der Waals surface area contributed by atoms with Crippen molar-refractivity contribution >= 4 is 17.5 Å². The molecule has 0 aromatic heterocycles. The lowest BCUT2D eigenvalue weighted by atomic mass is 10.1. The zero-order chi connectivity index (χ0) is 21.5. The number of halogens is 1. The van der Waals surface area contributed by atoms with Gasteiger partial charge in [-0.2, -0.15) is 0 Å². The van der Waals surface area contributed by atoms with Gasteiger partial charge in [0.15, 0.2) is 23.1 Å². The van der Waals surface area contributed by atoms with Crippen LogP contribution in [0.25, 0.3) is 0 Å². The summed E-state index contributed by atoms with van der Waals surface area (Å²) in [5.74, 6) is -1.17. The zero-order valence-electron chi connectivity index (χ0n) is 16.8. The number of carbonyl (C=O) groups excluding carboxylic acids is 2. The van der Waals surface area contributed by atoms with Crippen LogP contribution in [0.3, 0.4) is 0 Å². The molecule has 2 aromatic rings. The second-order valence-corrected chi connectivity index (χ2v) is 6.94. The predicted octanol–water partition coefficient (Wildman–Crippen LogP) is 3.46. The standard InChI is InChI=1S/C22H25FN2O5/c1-2-15-3-5-20(18(26)13-15)30-19-6-4-16(14-17(19)23)24-21(27)7-8-22(28)25-9-11-29-12-10-25/h3-6,13-14,26H,2,7-12H2,1H3,(H,24,27). The normalized spacial score (nSPS) is 13.7. The van der Waals surface area contributed by atoms with Gasteiger partial charge in [-0.05, 0) is 36.2 Å². The molecule has 0 bridgehead atoms. The van der Waals surface area contributed by atoms with E-state index in [2.05, 4.69) is 5.32 Å². The molecule has 1 aliphatic heterocycles. The third kappa shape index (κ3) is 5.70. The summed E-state index contributed by atoms with van der Waals surface area (Å²) in [6.07, 6.45) is 0.852. The zero-order valence-corrected chi connectivity index (χ0v) is 16.8.